The summed E-state index contributed by atoms with van der Waals surface area (Å²) in [5.41, 5.74) is 0.669. The van der Waals surface area contributed by atoms with E-state index in [2.05, 4.69) is 10.3 Å². The predicted octanol–water partition coefficient (Wildman–Crippen LogP) is 4.96. The highest BCUT2D eigenvalue weighted by Gasteiger charge is 2.47. The maximum Gasteiger partial charge on any atom is 0.284 e. The second-order valence-corrected chi connectivity index (χ2v) is 10.4. The largest absolute Gasteiger partial charge is 0.320 e. The van der Waals surface area contributed by atoms with Crippen LogP contribution >= 0.6 is 32.9 Å². The van der Waals surface area contributed by atoms with Gasteiger partial charge in [0, 0.05) is 17.3 Å². The minimum absolute atomic E-state index is 0.0890. The van der Waals surface area contributed by atoms with Crippen LogP contribution in [0.15, 0.2) is 69.9 Å². The molecule has 0 unspecified atom stereocenters. The molecule has 0 aliphatic carbocycles. The van der Waals surface area contributed by atoms with Crippen molar-refractivity contribution in [1.29, 1.82) is 0 Å². The van der Waals surface area contributed by atoms with E-state index in [1.54, 1.807) is 17.5 Å². The van der Waals surface area contributed by atoms with E-state index in [9.17, 15) is 23.0 Å². The number of thiazole rings is 1. The first-order valence-corrected chi connectivity index (χ1v) is 11.5. The van der Waals surface area contributed by atoms with Gasteiger partial charge in [0.05, 0.1) is 5.69 Å². The van der Waals surface area contributed by atoms with E-state index in [4.69, 9.17) is 0 Å². The molecule has 3 aromatic rings. The summed E-state index contributed by atoms with van der Waals surface area (Å²) in [6.45, 7) is 0. The molecule has 8 nitrogen and oxygen atoms in total. The Bertz CT molecular complexity index is 958. The summed E-state index contributed by atoms with van der Waals surface area (Å²) in [6.07, 6.45) is 1.53. The number of nitrogens with one attached hydrogen (secondary N) is 1. The summed E-state index contributed by atoms with van der Waals surface area (Å²) in [5, 5.41) is 4.69. The molecule has 4 rings (SSSR count). The molecule has 5 N–H and O–H groups in total. The van der Waals surface area contributed by atoms with Gasteiger partial charge in [-0.1, -0.05) is 33.7 Å². The fourth-order valence-corrected chi connectivity index (χ4v) is 7.94. The highest BCUT2D eigenvalue weighted by atomic mass is 32.4. The average Bonchev–Trinajstić information content (AvgIpc) is 3.22. The first-order chi connectivity index (χ1) is 12.8. The molecule has 0 radical (unpaired) electrons. The quantitative estimate of drug-likeness (QED) is 0.401. The van der Waals surface area contributed by atoms with Crippen LogP contribution in [-0.2, 0) is 0 Å². The lowest BCUT2D eigenvalue weighted by Gasteiger charge is -2.45. The number of hydrogen-bond donors (Lipinski definition) is 5. The van der Waals surface area contributed by atoms with Gasteiger partial charge in [0.25, 0.3) is 5.91 Å². The van der Waals surface area contributed by atoms with E-state index in [0.717, 1.165) is 3.71 Å². The molecule has 142 valence electrons. The van der Waals surface area contributed by atoms with Crippen LogP contribution in [0.25, 0.3) is 0 Å². The number of nitrogens with zero attached hydrogens (tertiary/aromatic N) is 2. The van der Waals surface area contributed by atoms with Gasteiger partial charge in [-0.05, 0) is 36.4 Å². The number of rotatable bonds is 3. The maximum absolute atomic E-state index is 12.0. The molecule has 0 saturated heterocycles. The number of amides is 1. The molecular weight excluding hydrogens is 410 g/mol. The van der Waals surface area contributed by atoms with Gasteiger partial charge in [-0.25, -0.2) is 4.98 Å². The Kier molecular flexibility index (Phi) is 4.39. The first kappa shape index (κ1) is 18.3. The second kappa shape index (κ2) is 6.49. The summed E-state index contributed by atoms with van der Waals surface area (Å²) in [7, 11) is -7.21. The molecule has 27 heavy (non-hydrogen) atoms. The van der Waals surface area contributed by atoms with Crippen molar-refractivity contribution in [3.63, 3.8) is 0 Å². The number of carbonyl (C=O) groups is 1. The molecule has 0 spiro atoms. The van der Waals surface area contributed by atoms with Crippen molar-refractivity contribution >= 4 is 50.2 Å². The standard InChI is InChI=1S/C16H15N3O5S3/c20-15(16-17-9-10-25-16)18-11-5-7-12(8-6-11)19-26(21,22)13-3-1-2-4-14(13)27(19,23)24/h1-10,21-24H,(H,18,20). The van der Waals surface area contributed by atoms with Gasteiger partial charge >= 0.3 is 0 Å². The molecule has 2 heterocycles. The van der Waals surface area contributed by atoms with E-state index < -0.39 is 21.6 Å². The average molecular weight is 426 g/mol. The number of carbonyl (C=O) groups excluding carboxylic acids is 1. The van der Waals surface area contributed by atoms with Gasteiger partial charge in [0.2, 0.25) is 0 Å². The topological polar surface area (TPSA) is 126 Å². The summed E-state index contributed by atoms with van der Waals surface area (Å²) in [6, 6.07) is 12.1. The Morgan fingerprint density at radius 3 is 2.07 bits per heavy atom. The SMILES string of the molecule is O=C(Nc1ccc(N2S(O)(O)c3ccccc3S2(O)O)cc1)c1nccs1. The first-order valence-electron chi connectivity index (χ1n) is 7.59. The maximum atomic E-state index is 12.0. The lowest BCUT2D eigenvalue weighted by atomic mass is 10.3. The summed E-state index contributed by atoms with van der Waals surface area (Å²) >= 11 is 1.21. The summed E-state index contributed by atoms with van der Waals surface area (Å²) in [4.78, 5) is 16.2. The van der Waals surface area contributed by atoms with Crippen LogP contribution in [0, 0.1) is 0 Å². The van der Waals surface area contributed by atoms with Crippen molar-refractivity contribution in [1.82, 2.24) is 4.98 Å². The molecule has 11 heteroatoms. The molecule has 0 saturated carbocycles. The van der Waals surface area contributed by atoms with Gasteiger partial charge < -0.3 is 5.32 Å². The monoisotopic (exact) mass is 425 g/mol. The lowest BCUT2D eigenvalue weighted by molar-refractivity contribution is 0.102. The Morgan fingerprint density at radius 1 is 0.963 bits per heavy atom. The van der Waals surface area contributed by atoms with Crippen LogP contribution in [0.3, 0.4) is 0 Å². The third-order valence-electron chi connectivity index (χ3n) is 3.86. The lowest BCUT2D eigenvalue weighted by Crippen LogP contribution is -2.24. The van der Waals surface area contributed by atoms with E-state index in [-0.39, 0.29) is 21.4 Å². The van der Waals surface area contributed by atoms with E-state index >= 15 is 0 Å². The van der Waals surface area contributed by atoms with Crippen LogP contribution in [-0.4, -0.2) is 29.1 Å². The Labute approximate surface area is 162 Å². The highest BCUT2D eigenvalue weighted by molar-refractivity contribution is 8.44. The van der Waals surface area contributed by atoms with Gasteiger partial charge in [-0.2, -0.15) is 3.71 Å². The molecule has 1 aliphatic heterocycles. The molecule has 1 amide bonds. The normalized spacial score (nSPS) is 19.2. The van der Waals surface area contributed by atoms with E-state index in [0.29, 0.717) is 10.7 Å². The van der Waals surface area contributed by atoms with Crippen LogP contribution in [0.5, 0.6) is 0 Å². The molecular formula is C16H15N3O5S3. The van der Waals surface area contributed by atoms with Gasteiger partial charge in [0.1, 0.15) is 9.79 Å². The number of aromatic nitrogens is 1. The molecule has 2 aromatic carbocycles. The Balaban J connectivity index is 1.63. The third kappa shape index (κ3) is 2.99. The minimum atomic E-state index is -3.60. The van der Waals surface area contributed by atoms with Crippen molar-refractivity contribution in [2.45, 2.75) is 9.79 Å². The zero-order valence-electron chi connectivity index (χ0n) is 13.6. The zero-order valence-corrected chi connectivity index (χ0v) is 16.0. The molecule has 0 fully saturated rings. The minimum Gasteiger partial charge on any atom is -0.320 e. The van der Waals surface area contributed by atoms with Crippen molar-refractivity contribution in [2.24, 2.45) is 0 Å². The molecule has 0 atom stereocenters. The smallest absolute Gasteiger partial charge is 0.284 e. The van der Waals surface area contributed by atoms with E-state index in [1.165, 1.54) is 53.9 Å². The van der Waals surface area contributed by atoms with Gasteiger partial charge in [-0.3, -0.25) is 23.0 Å². The number of anilines is 2. The van der Waals surface area contributed by atoms with Crippen LogP contribution in [0.1, 0.15) is 9.80 Å². The van der Waals surface area contributed by atoms with Crippen molar-refractivity contribution in [2.75, 3.05) is 9.03 Å². The fraction of sp³-hybridized carbons (Fsp3) is 0. The van der Waals surface area contributed by atoms with Crippen LogP contribution in [0.2, 0.25) is 0 Å². The number of fused-ring (bicyclic) bond motifs is 1. The fourth-order valence-electron chi connectivity index (χ4n) is 2.71. The van der Waals surface area contributed by atoms with Gasteiger partial charge in [-0.15, -0.1) is 11.3 Å². The predicted molar refractivity (Wildman–Crippen MR) is 108 cm³/mol. The Morgan fingerprint density at radius 2 is 1.56 bits per heavy atom. The van der Waals surface area contributed by atoms with Crippen molar-refractivity contribution < 1.29 is 23.0 Å². The third-order valence-corrected chi connectivity index (χ3v) is 9.25. The highest BCUT2D eigenvalue weighted by Crippen LogP contribution is 2.77. The zero-order chi connectivity index (χ0) is 19.2. The number of benzene rings is 2. The second-order valence-electron chi connectivity index (χ2n) is 5.58. The van der Waals surface area contributed by atoms with E-state index in [1.807, 2.05) is 0 Å². The summed E-state index contributed by atoms with van der Waals surface area (Å²) in [5.74, 6) is -0.361. The molecule has 1 aromatic heterocycles. The molecule has 0 bridgehead atoms. The van der Waals surface area contributed by atoms with Crippen molar-refractivity contribution in [3.8, 4) is 0 Å². The summed E-state index contributed by atoms with van der Waals surface area (Å²) < 4.78 is 43.3. The Hall–Kier alpha value is -2.12. The van der Waals surface area contributed by atoms with Crippen LogP contribution < -0.4 is 9.03 Å². The molecule has 1 aliphatic rings. The van der Waals surface area contributed by atoms with Crippen LogP contribution in [0.4, 0.5) is 11.4 Å². The van der Waals surface area contributed by atoms with Gasteiger partial charge in [0.15, 0.2) is 5.01 Å². The van der Waals surface area contributed by atoms with Crippen molar-refractivity contribution in [3.05, 3.63) is 65.1 Å². The number of hydrogen-bond acceptors (Lipinski definition) is 8.